The van der Waals surface area contributed by atoms with Crippen molar-refractivity contribution >= 4 is 29.4 Å². The highest BCUT2D eigenvalue weighted by atomic mass is 16.6. The third kappa shape index (κ3) is 4.29. The number of nitrogens with one attached hydrogen (secondary N) is 1. The first kappa shape index (κ1) is 18.8. The average Bonchev–Trinajstić information content (AvgIpc) is 2.61. The summed E-state index contributed by atoms with van der Waals surface area (Å²) in [4.78, 5) is 45.2. The SMILES string of the molecule is CC(=O)c1ccccc1NC(=O)[C@H](C)Oc1ccc([N+](=O)[O-])cc1C=O. The summed E-state index contributed by atoms with van der Waals surface area (Å²) in [7, 11) is 0. The Morgan fingerprint density at radius 2 is 1.92 bits per heavy atom. The minimum Gasteiger partial charge on any atom is -0.480 e. The van der Waals surface area contributed by atoms with Gasteiger partial charge in [-0.05, 0) is 32.0 Å². The van der Waals surface area contributed by atoms with Crippen molar-refractivity contribution in [2.45, 2.75) is 20.0 Å². The molecule has 1 N–H and O–H groups in total. The van der Waals surface area contributed by atoms with Crippen molar-refractivity contribution in [1.82, 2.24) is 0 Å². The van der Waals surface area contributed by atoms with Crippen LogP contribution in [0.5, 0.6) is 5.75 Å². The number of anilines is 1. The molecule has 0 saturated carbocycles. The summed E-state index contributed by atoms with van der Waals surface area (Å²) in [6.07, 6.45) is -0.590. The molecule has 0 unspecified atom stereocenters. The van der Waals surface area contributed by atoms with Crippen molar-refractivity contribution in [2.75, 3.05) is 5.32 Å². The first-order chi connectivity index (χ1) is 12.3. The molecule has 8 nitrogen and oxygen atoms in total. The molecule has 8 heteroatoms. The number of ketones is 1. The van der Waals surface area contributed by atoms with Crippen LogP contribution in [0.3, 0.4) is 0 Å². The van der Waals surface area contributed by atoms with Gasteiger partial charge >= 0.3 is 0 Å². The summed E-state index contributed by atoms with van der Waals surface area (Å²) in [5.74, 6) is -0.685. The van der Waals surface area contributed by atoms with E-state index in [0.29, 0.717) is 17.5 Å². The van der Waals surface area contributed by atoms with Gasteiger partial charge in [-0.1, -0.05) is 12.1 Å². The number of benzene rings is 2. The number of para-hydroxylation sites is 1. The zero-order chi connectivity index (χ0) is 19.3. The molecule has 1 atom stereocenters. The lowest BCUT2D eigenvalue weighted by Crippen LogP contribution is -2.31. The number of nitro benzene ring substituents is 1. The largest absolute Gasteiger partial charge is 0.480 e. The number of amides is 1. The Balaban J connectivity index is 2.16. The Hall–Kier alpha value is -3.55. The quantitative estimate of drug-likeness (QED) is 0.353. The van der Waals surface area contributed by atoms with Crippen LogP contribution in [0.25, 0.3) is 0 Å². The molecule has 0 aliphatic carbocycles. The van der Waals surface area contributed by atoms with Crippen molar-refractivity contribution in [3.05, 3.63) is 63.7 Å². The second-order valence-electron chi connectivity index (χ2n) is 5.45. The number of Topliss-reactive ketones (excluding diaryl/α,β-unsaturated/α-hetero) is 1. The molecule has 0 radical (unpaired) electrons. The fourth-order valence-electron chi connectivity index (χ4n) is 2.23. The summed E-state index contributed by atoms with van der Waals surface area (Å²) < 4.78 is 5.45. The fourth-order valence-corrected chi connectivity index (χ4v) is 2.23. The minimum absolute atomic E-state index is 0.0389. The van der Waals surface area contributed by atoms with Crippen LogP contribution in [0.1, 0.15) is 34.6 Å². The van der Waals surface area contributed by atoms with Crippen molar-refractivity contribution in [3.8, 4) is 5.75 Å². The van der Waals surface area contributed by atoms with Gasteiger partial charge in [0.05, 0.1) is 16.2 Å². The lowest BCUT2D eigenvalue weighted by Gasteiger charge is -2.16. The maximum Gasteiger partial charge on any atom is 0.270 e. The molecule has 0 spiro atoms. The van der Waals surface area contributed by atoms with Crippen LogP contribution < -0.4 is 10.1 Å². The molecule has 0 heterocycles. The van der Waals surface area contributed by atoms with Crippen molar-refractivity contribution < 1.29 is 24.0 Å². The lowest BCUT2D eigenvalue weighted by atomic mass is 10.1. The Morgan fingerprint density at radius 3 is 2.54 bits per heavy atom. The lowest BCUT2D eigenvalue weighted by molar-refractivity contribution is -0.384. The number of aldehydes is 1. The van der Waals surface area contributed by atoms with Gasteiger partial charge in [-0.15, -0.1) is 0 Å². The monoisotopic (exact) mass is 356 g/mol. The van der Waals surface area contributed by atoms with Gasteiger partial charge in [0.2, 0.25) is 0 Å². The Labute approximate surface area is 148 Å². The second-order valence-corrected chi connectivity index (χ2v) is 5.45. The van der Waals surface area contributed by atoms with Crippen LogP contribution in [-0.4, -0.2) is 29.0 Å². The van der Waals surface area contributed by atoms with Crippen LogP contribution >= 0.6 is 0 Å². The van der Waals surface area contributed by atoms with Crippen LogP contribution in [0.4, 0.5) is 11.4 Å². The summed E-state index contributed by atoms with van der Waals surface area (Å²) in [6, 6.07) is 10.0. The van der Waals surface area contributed by atoms with E-state index >= 15 is 0 Å². The van der Waals surface area contributed by atoms with Crippen LogP contribution in [0.2, 0.25) is 0 Å². The molecule has 0 aliphatic rings. The van der Waals surface area contributed by atoms with E-state index in [2.05, 4.69) is 5.32 Å². The van der Waals surface area contributed by atoms with Crippen molar-refractivity contribution in [1.29, 1.82) is 0 Å². The summed E-state index contributed by atoms with van der Waals surface area (Å²) in [6.45, 7) is 2.85. The van der Waals surface area contributed by atoms with Gasteiger partial charge in [-0.25, -0.2) is 0 Å². The topological polar surface area (TPSA) is 116 Å². The molecule has 134 valence electrons. The zero-order valence-corrected chi connectivity index (χ0v) is 14.1. The number of nitro groups is 1. The number of hydrogen-bond acceptors (Lipinski definition) is 6. The Kier molecular flexibility index (Phi) is 5.79. The van der Waals surface area contributed by atoms with Crippen molar-refractivity contribution in [3.63, 3.8) is 0 Å². The molecular weight excluding hydrogens is 340 g/mol. The highest BCUT2D eigenvalue weighted by Crippen LogP contribution is 2.24. The van der Waals surface area contributed by atoms with E-state index in [0.717, 1.165) is 6.07 Å². The fraction of sp³-hybridized carbons (Fsp3) is 0.167. The molecule has 0 bridgehead atoms. The van der Waals surface area contributed by atoms with Gasteiger partial charge in [0.1, 0.15) is 5.75 Å². The maximum atomic E-state index is 12.3. The van der Waals surface area contributed by atoms with Gasteiger partial charge in [0, 0.05) is 17.7 Å². The highest BCUT2D eigenvalue weighted by Gasteiger charge is 2.20. The third-order valence-electron chi connectivity index (χ3n) is 3.57. The van der Waals surface area contributed by atoms with E-state index < -0.39 is 16.9 Å². The van der Waals surface area contributed by atoms with Gasteiger partial charge in [0.25, 0.3) is 11.6 Å². The summed E-state index contributed by atoms with van der Waals surface area (Å²) in [5.41, 5.74) is 0.409. The van der Waals surface area contributed by atoms with E-state index in [1.54, 1.807) is 24.3 Å². The number of nitrogens with zero attached hydrogens (tertiary/aromatic N) is 1. The van der Waals surface area contributed by atoms with Gasteiger partial charge in [0.15, 0.2) is 18.2 Å². The van der Waals surface area contributed by atoms with E-state index in [9.17, 15) is 24.5 Å². The van der Waals surface area contributed by atoms with Gasteiger partial charge < -0.3 is 10.1 Å². The number of non-ortho nitro benzene ring substituents is 1. The maximum absolute atomic E-state index is 12.3. The first-order valence-corrected chi connectivity index (χ1v) is 7.64. The van der Waals surface area contributed by atoms with Gasteiger partial charge in [-0.2, -0.15) is 0 Å². The smallest absolute Gasteiger partial charge is 0.270 e. The normalized spacial score (nSPS) is 11.3. The van der Waals surface area contributed by atoms with E-state index in [4.69, 9.17) is 4.74 Å². The molecule has 2 aromatic carbocycles. The Bertz CT molecular complexity index is 878. The number of ether oxygens (including phenoxy) is 1. The molecule has 1 amide bonds. The van der Waals surface area contributed by atoms with E-state index in [1.165, 1.54) is 26.0 Å². The number of hydrogen-bond donors (Lipinski definition) is 1. The standard InChI is InChI=1S/C18H16N2O6/c1-11(22)15-5-3-4-6-16(15)19-18(23)12(2)26-17-8-7-14(20(24)25)9-13(17)10-21/h3-10,12H,1-2H3,(H,19,23)/t12-/m0/s1. The van der Waals surface area contributed by atoms with Crippen molar-refractivity contribution in [2.24, 2.45) is 0 Å². The molecule has 0 aromatic heterocycles. The summed E-state index contributed by atoms with van der Waals surface area (Å²) in [5, 5.41) is 13.4. The third-order valence-corrected chi connectivity index (χ3v) is 3.57. The highest BCUT2D eigenvalue weighted by molar-refractivity contribution is 6.04. The summed E-state index contributed by atoms with van der Waals surface area (Å²) >= 11 is 0. The molecule has 26 heavy (non-hydrogen) atoms. The van der Waals surface area contributed by atoms with E-state index in [1.807, 2.05) is 0 Å². The number of rotatable bonds is 7. The van der Waals surface area contributed by atoms with E-state index in [-0.39, 0.29) is 22.8 Å². The number of carbonyl (C=O) groups excluding carboxylic acids is 3. The predicted molar refractivity (Wildman–Crippen MR) is 93.7 cm³/mol. The molecule has 0 aliphatic heterocycles. The minimum atomic E-state index is -1.00. The molecule has 2 aromatic rings. The zero-order valence-electron chi connectivity index (χ0n) is 14.1. The first-order valence-electron chi connectivity index (χ1n) is 7.64. The van der Waals surface area contributed by atoms with Gasteiger partial charge in [-0.3, -0.25) is 24.5 Å². The number of carbonyl (C=O) groups is 3. The Morgan fingerprint density at radius 1 is 1.23 bits per heavy atom. The predicted octanol–water partition coefficient (Wildman–Crippen LogP) is 3.02. The van der Waals surface area contributed by atoms with Crippen LogP contribution in [0.15, 0.2) is 42.5 Å². The molecule has 0 fully saturated rings. The van der Waals surface area contributed by atoms with Crippen LogP contribution in [-0.2, 0) is 4.79 Å². The average molecular weight is 356 g/mol. The molecular formula is C18H16N2O6. The molecule has 2 rings (SSSR count). The van der Waals surface area contributed by atoms with Crippen LogP contribution in [0, 0.1) is 10.1 Å². The molecule has 0 saturated heterocycles. The second kappa shape index (κ2) is 8.02.